The van der Waals surface area contributed by atoms with E-state index >= 15 is 0 Å². The van der Waals surface area contributed by atoms with E-state index in [2.05, 4.69) is 6.07 Å². The van der Waals surface area contributed by atoms with Crippen LogP contribution in [0.4, 0.5) is 4.39 Å². The van der Waals surface area contributed by atoms with Crippen LogP contribution in [0.3, 0.4) is 0 Å². The standard InChI is InChI=1S/C18H17FN2OS/c1-21(13-15-6-4-5-14(11-15)12-20)18(22)9-10-23-17-8-3-2-7-16(17)19/h2-8,11H,9-10,13H2,1H3. The van der Waals surface area contributed by atoms with Crippen molar-refractivity contribution in [3.05, 3.63) is 65.5 Å². The largest absolute Gasteiger partial charge is 0.341 e. The van der Waals surface area contributed by atoms with Crippen molar-refractivity contribution in [1.82, 2.24) is 4.90 Å². The summed E-state index contributed by atoms with van der Waals surface area (Å²) in [4.78, 5) is 14.3. The molecule has 2 aromatic rings. The lowest BCUT2D eigenvalue weighted by atomic mass is 10.1. The molecule has 0 aromatic heterocycles. The average molecular weight is 328 g/mol. The van der Waals surface area contributed by atoms with Crippen molar-refractivity contribution in [1.29, 1.82) is 5.26 Å². The number of nitriles is 1. The quantitative estimate of drug-likeness (QED) is 0.757. The molecule has 0 saturated carbocycles. The molecule has 1 amide bonds. The van der Waals surface area contributed by atoms with Gasteiger partial charge in [-0.05, 0) is 29.8 Å². The fourth-order valence-corrected chi connectivity index (χ4v) is 2.98. The second kappa shape index (κ2) is 8.35. The Balaban J connectivity index is 1.83. The van der Waals surface area contributed by atoms with Crippen LogP contribution in [-0.2, 0) is 11.3 Å². The zero-order chi connectivity index (χ0) is 16.7. The molecule has 118 valence electrons. The molecule has 3 nitrogen and oxygen atoms in total. The molecular formula is C18H17FN2OS. The van der Waals surface area contributed by atoms with Crippen molar-refractivity contribution < 1.29 is 9.18 Å². The van der Waals surface area contributed by atoms with Crippen LogP contribution in [0.25, 0.3) is 0 Å². The van der Waals surface area contributed by atoms with Gasteiger partial charge in [0.15, 0.2) is 0 Å². The Morgan fingerprint density at radius 1 is 1.26 bits per heavy atom. The molecule has 0 unspecified atom stereocenters. The van der Waals surface area contributed by atoms with E-state index < -0.39 is 0 Å². The maximum atomic E-state index is 13.5. The maximum Gasteiger partial charge on any atom is 0.223 e. The molecule has 0 spiro atoms. The van der Waals surface area contributed by atoms with Crippen LogP contribution in [0.1, 0.15) is 17.5 Å². The second-order valence-electron chi connectivity index (χ2n) is 5.09. The van der Waals surface area contributed by atoms with Crippen LogP contribution in [-0.4, -0.2) is 23.6 Å². The third kappa shape index (κ3) is 5.11. The van der Waals surface area contributed by atoms with Crippen LogP contribution in [0.2, 0.25) is 0 Å². The van der Waals surface area contributed by atoms with Gasteiger partial charge in [-0.15, -0.1) is 11.8 Å². The summed E-state index contributed by atoms with van der Waals surface area (Å²) >= 11 is 1.34. The van der Waals surface area contributed by atoms with E-state index in [1.54, 1.807) is 48.3 Å². The van der Waals surface area contributed by atoms with E-state index in [9.17, 15) is 9.18 Å². The van der Waals surface area contributed by atoms with Gasteiger partial charge in [0.25, 0.3) is 0 Å². The highest BCUT2D eigenvalue weighted by atomic mass is 32.2. The molecule has 0 bridgehead atoms. The minimum atomic E-state index is -0.258. The monoisotopic (exact) mass is 328 g/mol. The maximum absolute atomic E-state index is 13.5. The van der Waals surface area contributed by atoms with Gasteiger partial charge in [0.2, 0.25) is 5.91 Å². The van der Waals surface area contributed by atoms with E-state index in [1.807, 2.05) is 6.07 Å². The van der Waals surface area contributed by atoms with Crippen LogP contribution in [0.15, 0.2) is 53.4 Å². The normalized spacial score (nSPS) is 10.1. The Morgan fingerprint density at radius 3 is 2.78 bits per heavy atom. The summed E-state index contributed by atoms with van der Waals surface area (Å²) in [6.07, 6.45) is 0.341. The van der Waals surface area contributed by atoms with Crippen molar-refractivity contribution in [2.24, 2.45) is 0 Å². The molecule has 0 aliphatic carbocycles. The highest BCUT2D eigenvalue weighted by Gasteiger charge is 2.10. The van der Waals surface area contributed by atoms with Gasteiger partial charge in [-0.2, -0.15) is 5.26 Å². The van der Waals surface area contributed by atoms with E-state index in [4.69, 9.17) is 5.26 Å². The van der Waals surface area contributed by atoms with Crippen molar-refractivity contribution in [3.8, 4) is 6.07 Å². The summed E-state index contributed by atoms with van der Waals surface area (Å²) in [7, 11) is 1.73. The van der Waals surface area contributed by atoms with Gasteiger partial charge in [0, 0.05) is 30.7 Å². The van der Waals surface area contributed by atoms with Crippen LogP contribution in [0.5, 0.6) is 0 Å². The van der Waals surface area contributed by atoms with Gasteiger partial charge in [-0.1, -0.05) is 24.3 Å². The molecule has 0 aliphatic heterocycles. The average Bonchev–Trinajstić information content (AvgIpc) is 2.56. The van der Waals surface area contributed by atoms with Gasteiger partial charge >= 0.3 is 0 Å². The smallest absolute Gasteiger partial charge is 0.223 e. The van der Waals surface area contributed by atoms with Crippen LogP contribution in [0, 0.1) is 17.1 Å². The SMILES string of the molecule is CN(Cc1cccc(C#N)c1)C(=O)CCSc1ccccc1F. The van der Waals surface area contributed by atoms with Gasteiger partial charge in [0.05, 0.1) is 11.6 Å². The van der Waals surface area contributed by atoms with Crippen molar-refractivity contribution in [3.63, 3.8) is 0 Å². The van der Waals surface area contributed by atoms with Crippen molar-refractivity contribution in [2.45, 2.75) is 17.9 Å². The molecule has 0 aliphatic rings. The van der Waals surface area contributed by atoms with Gasteiger partial charge in [-0.3, -0.25) is 4.79 Å². The number of halogens is 1. The topological polar surface area (TPSA) is 44.1 Å². The van der Waals surface area contributed by atoms with E-state index in [1.165, 1.54) is 17.8 Å². The molecular weight excluding hydrogens is 311 g/mol. The first-order valence-electron chi connectivity index (χ1n) is 7.20. The fourth-order valence-electron chi connectivity index (χ4n) is 2.10. The lowest BCUT2D eigenvalue weighted by molar-refractivity contribution is -0.129. The Kier molecular flexibility index (Phi) is 6.19. The number of carbonyl (C=O) groups is 1. The second-order valence-corrected chi connectivity index (χ2v) is 6.23. The van der Waals surface area contributed by atoms with Gasteiger partial charge < -0.3 is 4.90 Å². The Bertz CT molecular complexity index is 727. The number of hydrogen-bond donors (Lipinski definition) is 0. The summed E-state index contributed by atoms with van der Waals surface area (Å²) in [6.45, 7) is 0.457. The summed E-state index contributed by atoms with van der Waals surface area (Å²) in [5.74, 6) is 0.269. The Hall–Kier alpha value is -2.32. The molecule has 2 rings (SSSR count). The molecule has 0 N–H and O–H groups in total. The fraction of sp³-hybridized carbons (Fsp3) is 0.222. The molecule has 0 saturated heterocycles. The van der Waals surface area contributed by atoms with Crippen molar-refractivity contribution in [2.75, 3.05) is 12.8 Å². The number of hydrogen-bond acceptors (Lipinski definition) is 3. The number of rotatable bonds is 6. The molecule has 23 heavy (non-hydrogen) atoms. The third-order valence-corrected chi connectivity index (χ3v) is 4.36. The highest BCUT2D eigenvalue weighted by Crippen LogP contribution is 2.22. The summed E-state index contributed by atoms with van der Waals surface area (Å²) < 4.78 is 13.5. The molecule has 0 heterocycles. The zero-order valence-electron chi connectivity index (χ0n) is 12.8. The molecule has 0 fully saturated rings. The van der Waals surface area contributed by atoms with E-state index in [0.29, 0.717) is 29.2 Å². The Labute approximate surface area is 139 Å². The lowest BCUT2D eigenvalue weighted by Gasteiger charge is -2.17. The number of benzene rings is 2. The van der Waals surface area contributed by atoms with Crippen molar-refractivity contribution >= 4 is 17.7 Å². The predicted octanol–water partition coefficient (Wildman–Crippen LogP) is 3.84. The first-order chi connectivity index (χ1) is 11.1. The molecule has 2 aromatic carbocycles. The first-order valence-corrected chi connectivity index (χ1v) is 8.19. The zero-order valence-corrected chi connectivity index (χ0v) is 13.6. The van der Waals surface area contributed by atoms with Gasteiger partial charge in [-0.25, -0.2) is 4.39 Å². The first kappa shape index (κ1) is 17.0. The number of thioether (sulfide) groups is 1. The summed E-state index contributed by atoms with van der Waals surface area (Å²) in [5, 5.41) is 8.89. The van der Waals surface area contributed by atoms with Crippen LogP contribution >= 0.6 is 11.8 Å². The van der Waals surface area contributed by atoms with E-state index in [0.717, 1.165) is 5.56 Å². The third-order valence-electron chi connectivity index (χ3n) is 3.31. The Morgan fingerprint density at radius 2 is 2.04 bits per heavy atom. The minimum absolute atomic E-state index is 0.00352. The predicted molar refractivity (Wildman–Crippen MR) is 89.4 cm³/mol. The van der Waals surface area contributed by atoms with E-state index in [-0.39, 0.29) is 11.7 Å². The lowest BCUT2D eigenvalue weighted by Crippen LogP contribution is -2.26. The minimum Gasteiger partial charge on any atom is -0.341 e. The number of amides is 1. The molecule has 0 radical (unpaired) electrons. The summed E-state index contributed by atoms with van der Waals surface area (Å²) in [5.41, 5.74) is 1.50. The van der Waals surface area contributed by atoms with Gasteiger partial charge in [0.1, 0.15) is 5.82 Å². The number of carbonyl (C=O) groups excluding carboxylic acids is 1. The highest BCUT2D eigenvalue weighted by molar-refractivity contribution is 7.99. The molecule has 0 atom stereocenters. The summed E-state index contributed by atoms with van der Waals surface area (Å²) in [6, 6.07) is 15.8. The molecule has 5 heteroatoms. The number of nitrogens with zero attached hydrogens (tertiary/aromatic N) is 2. The van der Waals surface area contributed by atoms with Crippen LogP contribution < -0.4 is 0 Å².